The van der Waals surface area contributed by atoms with Gasteiger partial charge in [0.2, 0.25) is 0 Å². The number of rotatable bonds is 4. The molecule has 24 heavy (non-hydrogen) atoms. The Labute approximate surface area is 137 Å². The Morgan fingerprint density at radius 1 is 1.42 bits per heavy atom. The topological polar surface area (TPSA) is 67.2 Å². The van der Waals surface area contributed by atoms with Crippen molar-refractivity contribution in [1.29, 1.82) is 0 Å². The quantitative estimate of drug-likeness (QED) is 0.842. The number of aryl methyl sites for hydroxylation is 1. The first-order valence-corrected chi connectivity index (χ1v) is 7.57. The molecule has 0 bridgehead atoms. The van der Waals surface area contributed by atoms with Gasteiger partial charge in [0, 0.05) is 43.4 Å². The van der Waals surface area contributed by atoms with E-state index in [0.29, 0.717) is 6.42 Å². The molecule has 1 aliphatic rings. The highest BCUT2D eigenvalue weighted by Gasteiger charge is 2.24. The monoisotopic (exact) mass is 333 g/mol. The van der Waals surface area contributed by atoms with E-state index in [0.717, 1.165) is 12.1 Å². The number of aliphatic hydroxyl groups excluding tert-OH is 1. The molecule has 1 aromatic heterocycles. The summed E-state index contributed by atoms with van der Waals surface area (Å²) in [6, 6.07) is 2.96. The van der Waals surface area contributed by atoms with E-state index in [4.69, 9.17) is 5.11 Å². The second-order valence-corrected chi connectivity index (χ2v) is 5.83. The highest BCUT2D eigenvalue weighted by Crippen LogP contribution is 2.26. The molecule has 1 amide bonds. The second-order valence-electron chi connectivity index (χ2n) is 5.83. The molecular formula is C17H17F2N3O2. The Morgan fingerprint density at radius 3 is 2.88 bits per heavy atom. The first-order valence-electron chi connectivity index (χ1n) is 7.57. The minimum Gasteiger partial charge on any atom is -0.396 e. The molecule has 0 unspecified atom stereocenters. The molecule has 2 N–H and O–H groups in total. The molecule has 0 fully saturated rings. The van der Waals surface area contributed by atoms with Crippen LogP contribution in [-0.2, 0) is 7.05 Å². The minimum atomic E-state index is -0.774. The molecule has 0 saturated carbocycles. The lowest BCUT2D eigenvalue weighted by Gasteiger charge is -2.12. The van der Waals surface area contributed by atoms with Crippen LogP contribution in [0, 0.1) is 17.6 Å². The van der Waals surface area contributed by atoms with Gasteiger partial charge in [0.25, 0.3) is 5.91 Å². The standard InChI is InChI=1S/C17H17F2N3O2/c1-22-8-14(17(24)20-12-4-2-10(6-12)9-23)16(21-22)13-5-3-11(18)7-15(13)19/h2-5,7-8,10,12,23H,6,9H2,1H3,(H,20,24)/t10-,12+/m0/s1. The number of benzene rings is 1. The molecule has 0 spiro atoms. The predicted octanol–water partition coefficient (Wildman–Crippen LogP) is 2.03. The van der Waals surface area contributed by atoms with Crippen LogP contribution in [-0.4, -0.2) is 33.4 Å². The van der Waals surface area contributed by atoms with E-state index >= 15 is 0 Å². The number of aromatic nitrogens is 2. The summed E-state index contributed by atoms with van der Waals surface area (Å²) < 4.78 is 28.5. The third-order valence-corrected chi connectivity index (χ3v) is 3.98. The van der Waals surface area contributed by atoms with Crippen LogP contribution in [0.4, 0.5) is 8.78 Å². The zero-order chi connectivity index (χ0) is 17.3. The zero-order valence-electron chi connectivity index (χ0n) is 13.0. The van der Waals surface area contributed by atoms with Crippen LogP contribution in [0.15, 0.2) is 36.5 Å². The van der Waals surface area contributed by atoms with Crippen molar-refractivity contribution in [3.8, 4) is 11.3 Å². The number of nitrogens with zero attached hydrogens (tertiary/aromatic N) is 2. The van der Waals surface area contributed by atoms with E-state index in [-0.39, 0.29) is 35.4 Å². The summed E-state index contributed by atoms with van der Waals surface area (Å²) in [6.07, 6.45) is 5.79. The van der Waals surface area contributed by atoms with E-state index in [1.807, 2.05) is 12.2 Å². The summed E-state index contributed by atoms with van der Waals surface area (Å²) in [4.78, 5) is 12.5. The average molecular weight is 333 g/mol. The van der Waals surface area contributed by atoms with Gasteiger partial charge in [-0.05, 0) is 18.6 Å². The van der Waals surface area contributed by atoms with Gasteiger partial charge in [0.15, 0.2) is 0 Å². The largest absolute Gasteiger partial charge is 0.396 e. The first-order chi connectivity index (χ1) is 11.5. The normalized spacial score (nSPS) is 19.7. The number of carbonyl (C=O) groups is 1. The summed E-state index contributed by atoms with van der Waals surface area (Å²) in [6.45, 7) is 0.0296. The van der Waals surface area contributed by atoms with Crippen molar-refractivity contribution in [1.82, 2.24) is 15.1 Å². The number of hydrogen-bond donors (Lipinski definition) is 2. The third-order valence-electron chi connectivity index (χ3n) is 3.98. The molecule has 0 radical (unpaired) electrons. The molecule has 126 valence electrons. The highest BCUT2D eigenvalue weighted by molar-refractivity contribution is 6.00. The Hall–Kier alpha value is -2.54. The summed E-state index contributed by atoms with van der Waals surface area (Å²) in [5.41, 5.74) is 0.439. The van der Waals surface area contributed by atoms with Crippen LogP contribution in [0.5, 0.6) is 0 Å². The molecule has 2 aromatic rings. The highest BCUT2D eigenvalue weighted by atomic mass is 19.1. The molecular weight excluding hydrogens is 316 g/mol. The molecule has 1 aromatic carbocycles. The maximum atomic E-state index is 14.0. The fourth-order valence-corrected chi connectivity index (χ4v) is 2.80. The molecule has 0 saturated heterocycles. The summed E-state index contributed by atoms with van der Waals surface area (Å²) >= 11 is 0. The number of amides is 1. The number of nitrogens with one attached hydrogen (secondary N) is 1. The lowest BCUT2D eigenvalue weighted by Crippen LogP contribution is -2.33. The minimum absolute atomic E-state index is 0.0261. The van der Waals surface area contributed by atoms with Crippen molar-refractivity contribution >= 4 is 5.91 Å². The second kappa shape index (κ2) is 6.52. The summed E-state index contributed by atoms with van der Waals surface area (Å²) in [5, 5.41) is 16.1. The van der Waals surface area contributed by atoms with Crippen LogP contribution in [0.2, 0.25) is 0 Å². The van der Waals surface area contributed by atoms with Gasteiger partial charge < -0.3 is 10.4 Å². The van der Waals surface area contributed by atoms with Gasteiger partial charge >= 0.3 is 0 Å². The Balaban J connectivity index is 1.86. The Bertz CT molecular complexity index is 801. The van der Waals surface area contributed by atoms with Crippen molar-refractivity contribution in [3.63, 3.8) is 0 Å². The lowest BCUT2D eigenvalue weighted by atomic mass is 10.1. The molecule has 3 rings (SSSR count). The lowest BCUT2D eigenvalue weighted by molar-refractivity contribution is 0.0941. The van der Waals surface area contributed by atoms with Crippen LogP contribution in [0.3, 0.4) is 0 Å². The fraction of sp³-hybridized carbons (Fsp3) is 0.294. The van der Waals surface area contributed by atoms with Crippen LogP contribution in [0.1, 0.15) is 16.8 Å². The van der Waals surface area contributed by atoms with Gasteiger partial charge in [0.1, 0.15) is 17.3 Å². The molecule has 5 nitrogen and oxygen atoms in total. The maximum Gasteiger partial charge on any atom is 0.255 e. The molecule has 1 heterocycles. The van der Waals surface area contributed by atoms with Gasteiger partial charge in [-0.3, -0.25) is 9.48 Å². The van der Waals surface area contributed by atoms with E-state index in [1.165, 1.54) is 16.9 Å². The van der Waals surface area contributed by atoms with Crippen molar-refractivity contribution < 1.29 is 18.7 Å². The van der Waals surface area contributed by atoms with Gasteiger partial charge in [-0.2, -0.15) is 5.10 Å². The maximum absolute atomic E-state index is 14.0. The Morgan fingerprint density at radius 2 is 2.21 bits per heavy atom. The van der Waals surface area contributed by atoms with Crippen LogP contribution >= 0.6 is 0 Å². The fourth-order valence-electron chi connectivity index (χ4n) is 2.80. The smallest absolute Gasteiger partial charge is 0.255 e. The van der Waals surface area contributed by atoms with Gasteiger partial charge in [-0.1, -0.05) is 12.2 Å². The van der Waals surface area contributed by atoms with E-state index in [9.17, 15) is 13.6 Å². The first kappa shape index (κ1) is 16.3. The van der Waals surface area contributed by atoms with Gasteiger partial charge in [0.05, 0.1) is 5.56 Å². The van der Waals surface area contributed by atoms with E-state index in [1.54, 1.807) is 7.05 Å². The zero-order valence-corrected chi connectivity index (χ0v) is 13.0. The molecule has 7 heteroatoms. The number of halogens is 2. The number of hydrogen-bond acceptors (Lipinski definition) is 3. The summed E-state index contributed by atoms with van der Waals surface area (Å²) in [7, 11) is 1.62. The third kappa shape index (κ3) is 3.21. The van der Waals surface area contributed by atoms with Gasteiger partial charge in [-0.25, -0.2) is 8.78 Å². The van der Waals surface area contributed by atoms with Gasteiger partial charge in [-0.15, -0.1) is 0 Å². The number of carbonyl (C=O) groups excluding carboxylic acids is 1. The SMILES string of the molecule is Cn1cc(C(=O)N[C@@H]2C=C[C@H](CO)C2)c(-c2ccc(F)cc2F)n1. The summed E-state index contributed by atoms with van der Waals surface area (Å²) in [5.74, 6) is -1.83. The predicted molar refractivity (Wildman–Crippen MR) is 84.1 cm³/mol. The van der Waals surface area contributed by atoms with E-state index in [2.05, 4.69) is 10.4 Å². The average Bonchev–Trinajstić information content (AvgIpc) is 3.13. The van der Waals surface area contributed by atoms with Crippen LogP contribution < -0.4 is 5.32 Å². The van der Waals surface area contributed by atoms with Crippen molar-refractivity contribution in [2.75, 3.05) is 6.61 Å². The van der Waals surface area contributed by atoms with E-state index < -0.39 is 17.5 Å². The van der Waals surface area contributed by atoms with Crippen molar-refractivity contribution in [3.05, 3.63) is 53.7 Å². The van der Waals surface area contributed by atoms with Crippen molar-refractivity contribution in [2.24, 2.45) is 13.0 Å². The molecule has 1 aliphatic carbocycles. The number of aliphatic hydroxyl groups is 1. The van der Waals surface area contributed by atoms with Crippen molar-refractivity contribution in [2.45, 2.75) is 12.5 Å². The molecule has 2 atom stereocenters. The van der Waals surface area contributed by atoms with Crippen LogP contribution in [0.25, 0.3) is 11.3 Å². The molecule has 0 aliphatic heterocycles. The Kier molecular flexibility index (Phi) is 4.44.